The Morgan fingerprint density at radius 3 is 2.60 bits per heavy atom. The number of amides is 1. The highest BCUT2D eigenvalue weighted by Crippen LogP contribution is 2.26. The van der Waals surface area contributed by atoms with Crippen LogP contribution < -0.4 is 20.1 Å². The number of guanidine groups is 1. The molecule has 0 spiro atoms. The van der Waals surface area contributed by atoms with Crippen molar-refractivity contribution >= 4 is 39.3 Å². The lowest BCUT2D eigenvalue weighted by Crippen LogP contribution is -2.47. The normalized spacial score (nSPS) is 15.2. The Labute approximate surface area is 235 Å². The van der Waals surface area contributed by atoms with Gasteiger partial charge in [-0.15, -0.1) is 0 Å². The number of benzene rings is 1. The predicted octanol–water partition coefficient (Wildman–Crippen LogP) is 3.31. The van der Waals surface area contributed by atoms with Crippen LogP contribution in [0, 0.1) is 25.2 Å². The van der Waals surface area contributed by atoms with Crippen LogP contribution in [-0.4, -0.2) is 56.7 Å². The van der Waals surface area contributed by atoms with Crippen molar-refractivity contribution in [3.63, 3.8) is 0 Å². The maximum absolute atomic E-state index is 13.1. The van der Waals surface area contributed by atoms with E-state index in [4.69, 9.17) is 39.5 Å². The van der Waals surface area contributed by atoms with Crippen LogP contribution in [0.3, 0.4) is 0 Å². The molecule has 13 nitrogen and oxygen atoms in total. The van der Waals surface area contributed by atoms with Gasteiger partial charge < -0.3 is 27.4 Å². The molecule has 0 aliphatic carbocycles. The van der Waals surface area contributed by atoms with Gasteiger partial charge in [0.05, 0.1) is 22.6 Å². The molecule has 4 rings (SSSR count). The van der Waals surface area contributed by atoms with Gasteiger partial charge in [-0.2, -0.15) is 9.97 Å². The van der Waals surface area contributed by atoms with Crippen molar-refractivity contribution in [3.8, 4) is 11.8 Å². The quantitative estimate of drug-likeness (QED) is 0.223. The third-order valence-electron chi connectivity index (χ3n) is 5.97. The number of ether oxygens (including phenoxy) is 2. The molecule has 2 N–H and O–H groups in total. The number of carbonyl (C=O) groups is 1. The van der Waals surface area contributed by atoms with E-state index in [0.29, 0.717) is 38.4 Å². The molecule has 15 heteroatoms. The SMILES string of the molecule is C=S(=O)(Oc1cc(OCC2CCN(C(=N)NC(=O)OCc3oc(=O)oc3C)CC2)nc(C)n1)c1ccccc1Cl. The fourth-order valence-electron chi connectivity index (χ4n) is 3.89. The first-order valence-corrected chi connectivity index (χ1v) is 14.2. The van der Waals surface area contributed by atoms with Gasteiger partial charge in [-0.25, -0.2) is 13.8 Å². The molecule has 1 aromatic carbocycles. The Balaban J connectivity index is 1.24. The average molecular weight is 594 g/mol. The minimum Gasteiger partial charge on any atom is -0.477 e. The number of halogens is 1. The topological polar surface area (TPSA) is 170 Å². The van der Waals surface area contributed by atoms with Crippen molar-refractivity contribution in [1.82, 2.24) is 20.2 Å². The van der Waals surface area contributed by atoms with Gasteiger partial charge >= 0.3 is 11.9 Å². The zero-order chi connectivity index (χ0) is 28.9. The zero-order valence-corrected chi connectivity index (χ0v) is 23.4. The number of hydrogen-bond donors (Lipinski definition) is 2. The number of piperidine rings is 1. The fourth-order valence-corrected chi connectivity index (χ4v) is 5.48. The highest BCUT2D eigenvalue weighted by atomic mass is 35.5. The minimum absolute atomic E-state index is 0.0497. The van der Waals surface area contributed by atoms with E-state index in [1.807, 2.05) is 0 Å². The Kier molecular flexibility index (Phi) is 9.00. The molecule has 1 fully saturated rings. The maximum atomic E-state index is 13.1. The van der Waals surface area contributed by atoms with E-state index in [-0.39, 0.29) is 51.7 Å². The lowest BCUT2D eigenvalue weighted by Gasteiger charge is -2.33. The largest absolute Gasteiger partial charge is 0.519 e. The number of likely N-dealkylation sites (tertiary alicyclic amines) is 1. The number of aromatic nitrogens is 2. The summed E-state index contributed by atoms with van der Waals surface area (Å²) in [5.41, 5.74) is 0. The Morgan fingerprint density at radius 1 is 1.23 bits per heavy atom. The van der Waals surface area contributed by atoms with Gasteiger partial charge in [0.25, 0.3) is 0 Å². The molecular formula is C25H28ClN5O8S. The maximum Gasteiger partial charge on any atom is 0.519 e. The van der Waals surface area contributed by atoms with Crippen LogP contribution in [0.15, 0.2) is 48.9 Å². The van der Waals surface area contributed by atoms with Gasteiger partial charge in [0.1, 0.15) is 5.82 Å². The van der Waals surface area contributed by atoms with Crippen LogP contribution in [0.1, 0.15) is 30.2 Å². The van der Waals surface area contributed by atoms with Crippen molar-refractivity contribution in [2.75, 3.05) is 19.7 Å². The summed E-state index contributed by atoms with van der Waals surface area (Å²) < 4.78 is 39.0. The van der Waals surface area contributed by atoms with Gasteiger partial charge in [0, 0.05) is 13.1 Å². The van der Waals surface area contributed by atoms with E-state index in [9.17, 15) is 13.8 Å². The van der Waals surface area contributed by atoms with Gasteiger partial charge in [-0.1, -0.05) is 23.7 Å². The Hall–Kier alpha value is -4.04. The van der Waals surface area contributed by atoms with E-state index in [0.717, 1.165) is 0 Å². The summed E-state index contributed by atoms with van der Waals surface area (Å²) in [4.78, 5) is 33.5. The molecule has 1 unspecified atom stereocenters. The van der Waals surface area contributed by atoms with Crippen molar-refractivity contribution < 1.29 is 31.5 Å². The molecule has 0 radical (unpaired) electrons. The van der Waals surface area contributed by atoms with Crippen LogP contribution in [0.5, 0.6) is 11.8 Å². The van der Waals surface area contributed by atoms with Crippen LogP contribution in [0.2, 0.25) is 5.02 Å². The summed E-state index contributed by atoms with van der Waals surface area (Å²) >= 11 is 6.15. The fraction of sp³-hybridized carbons (Fsp3) is 0.360. The summed E-state index contributed by atoms with van der Waals surface area (Å²) in [6, 6.07) is 8.04. The third kappa shape index (κ3) is 7.54. The van der Waals surface area contributed by atoms with Crippen molar-refractivity contribution in [3.05, 3.63) is 63.3 Å². The second-order valence-corrected chi connectivity index (χ2v) is 11.2. The Bertz CT molecular complexity index is 1550. The van der Waals surface area contributed by atoms with Gasteiger partial charge in [0.15, 0.2) is 27.9 Å². The molecule has 1 atom stereocenters. The Morgan fingerprint density at radius 2 is 1.93 bits per heavy atom. The van der Waals surface area contributed by atoms with Gasteiger partial charge in [0.2, 0.25) is 17.7 Å². The van der Waals surface area contributed by atoms with Crippen molar-refractivity contribution in [2.24, 2.45) is 5.92 Å². The molecule has 3 heterocycles. The zero-order valence-electron chi connectivity index (χ0n) is 21.8. The molecule has 1 aliphatic rings. The number of carbonyl (C=O) groups excluding carboxylic acids is 1. The summed E-state index contributed by atoms with van der Waals surface area (Å²) in [6.07, 6.45) is 0.549. The molecule has 40 heavy (non-hydrogen) atoms. The number of hydrogen-bond acceptors (Lipinski definition) is 11. The average Bonchev–Trinajstić information content (AvgIpc) is 3.22. The molecular weight excluding hydrogens is 566 g/mol. The molecule has 1 amide bonds. The molecule has 1 aliphatic heterocycles. The molecule has 0 saturated carbocycles. The standard InChI is InChI=1S/C25H28ClN5O8S/c1-15-19(38-25(33)37-15)14-36-24(32)30-23(27)31-10-8-17(9-11-31)13-35-21-12-22(29-16(2)28-21)39-40(3,34)20-7-5-4-6-18(20)26/h4-7,12,17H,3,8-11,13-14H2,1-2H3,(H2,27,30,32). The summed E-state index contributed by atoms with van der Waals surface area (Å²) in [5, 5.41) is 10.8. The van der Waals surface area contributed by atoms with E-state index in [1.54, 1.807) is 36.1 Å². The van der Waals surface area contributed by atoms with E-state index >= 15 is 0 Å². The number of nitrogens with zero attached hydrogens (tertiary/aromatic N) is 3. The number of alkyl carbamates (subject to hydrolysis) is 1. The summed E-state index contributed by atoms with van der Waals surface area (Å²) in [7, 11) is -3.22. The smallest absolute Gasteiger partial charge is 0.477 e. The molecule has 214 valence electrons. The highest BCUT2D eigenvalue weighted by molar-refractivity contribution is 7.96. The van der Waals surface area contributed by atoms with Gasteiger partial charge in [-0.05, 0) is 50.6 Å². The third-order valence-corrected chi connectivity index (χ3v) is 7.88. The van der Waals surface area contributed by atoms with Crippen LogP contribution in [0.25, 0.3) is 0 Å². The number of aryl methyl sites for hydroxylation is 2. The second kappa shape index (κ2) is 12.4. The van der Waals surface area contributed by atoms with E-state index < -0.39 is 21.7 Å². The first kappa shape index (κ1) is 29.0. The lowest BCUT2D eigenvalue weighted by atomic mass is 9.98. The monoisotopic (exact) mass is 593 g/mol. The molecule has 0 bridgehead atoms. The molecule has 2 aromatic heterocycles. The van der Waals surface area contributed by atoms with Crippen molar-refractivity contribution in [2.45, 2.75) is 38.2 Å². The first-order valence-electron chi connectivity index (χ1n) is 12.2. The van der Waals surface area contributed by atoms with Crippen LogP contribution in [0.4, 0.5) is 4.79 Å². The summed E-state index contributed by atoms with van der Waals surface area (Å²) in [6.45, 7) is 4.26. The van der Waals surface area contributed by atoms with Crippen molar-refractivity contribution in [1.29, 1.82) is 5.41 Å². The predicted molar refractivity (Wildman–Crippen MR) is 145 cm³/mol. The van der Waals surface area contributed by atoms with E-state index in [2.05, 4.69) is 21.2 Å². The number of nitrogens with one attached hydrogen (secondary N) is 2. The summed E-state index contributed by atoms with van der Waals surface area (Å²) in [5.74, 6) is 3.88. The number of rotatable bonds is 8. The highest BCUT2D eigenvalue weighted by Gasteiger charge is 2.24. The second-order valence-electron chi connectivity index (χ2n) is 8.94. The first-order chi connectivity index (χ1) is 19.0. The van der Waals surface area contributed by atoms with Gasteiger partial charge in [-0.3, -0.25) is 10.7 Å². The molecule has 3 aromatic rings. The lowest BCUT2D eigenvalue weighted by molar-refractivity contribution is 0.132. The minimum atomic E-state index is -3.22. The van der Waals surface area contributed by atoms with Crippen LogP contribution in [-0.2, 0) is 21.1 Å². The molecule has 1 saturated heterocycles. The van der Waals surface area contributed by atoms with E-state index in [1.165, 1.54) is 13.0 Å². The van der Waals surface area contributed by atoms with Crippen LogP contribution >= 0.6 is 11.6 Å².